The third-order valence-corrected chi connectivity index (χ3v) is 7.21. The summed E-state index contributed by atoms with van der Waals surface area (Å²) in [6, 6.07) is 14.3. The summed E-state index contributed by atoms with van der Waals surface area (Å²) in [7, 11) is 5.33. The van der Waals surface area contributed by atoms with Crippen LogP contribution in [-0.2, 0) is 9.59 Å². The van der Waals surface area contributed by atoms with E-state index in [1.165, 1.54) is 37.4 Å². The van der Waals surface area contributed by atoms with Crippen molar-refractivity contribution < 1.29 is 69.9 Å². The van der Waals surface area contributed by atoms with Gasteiger partial charge in [0.15, 0.2) is 17.4 Å². The second kappa shape index (κ2) is 19.5. The highest BCUT2D eigenvalue weighted by molar-refractivity contribution is 5.95. The third-order valence-electron chi connectivity index (χ3n) is 7.21. The Morgan fingerprint density at radius 1 is 0.966 bits per heavy atom. The predicted octanol–water partition coefficient (Wildman–Crippen LogP) is 5.13. The minimum Gasteiger partial charge on any atom is -0.497 e. The molecule has 23 heteroatoms. The second-order valence-electron chi connectivity index (χ2n) is 12.9. The van der Waals surface area contributed by atoms with E-state index in [4.69, 9.17) is 40.4 Å². The number of aromatic nitrogens is 3. The second-order valence-corrected chi connectivity index (χ2v) is 12.9. The Morgan fingerprint density at radius 3 is 1.97 bits per heavy atom. The van der Waals surface area contributed by atoms with Crippen molar-refractivity contribution in [2.45, 2.75) is 32.2 Å². The number of aromatic carboxylic acids is 1. The molecule has 0 fully saturated rings. The van der Waals surface area contributed by atoms with E-state index in [0.29, 0.717) is 23.5 Å². The number of H-pyrrole nitrogens is 1. The number of carboxylic acids is 3. The van der Waals surface area contributed by atoms with Crippen LogP contribution in [-0.4, -0.2) is 105 Å². The SMILES string of the molecule is COc1cc(OCC(C)(C)CN(C)C)c(F)c(C(Nc2ccc(C(=N)N)cc2)c2nn(-c3ccccc3C(=O)O)c(=O)[nH]2)c1.O=C(O)C(F)(F)F.O=C(O)C(F)(F)F. The largest absolute Gasteiger partial charge is 0.497 e. The number of aromatic amines is 1. The number of hydrogen-bond donors (Lipinski definition) is 7. The summed E-state index contributed by atoms with van der Waals surface area (Å²) in [4.78, 5) is 47.5. The van der Waals surface area contributed by atoms with Gasteiger partial charge in [-0.1, -0.05) is 26.0 Å². The van der Waals surface area contributed by atoms with Crippen LogP contribution in [0.25, 0.3) is 5.69 Å². The molecule has 4 rings (SSSR count). The van der Waals surface area contributed by atoms with Gasteiger partial charge in [0.2, 0.25) is 0 Å². The van der Waals surface area contributed by atoms with Crippen molar-refractivity contribution in [3.8, 4) is 17.2 Å². The summed E-state index contributed by atoms with van der Waals surface area (Å²) in [6.45, 7) is 4.92. The maximum absolute atomic E-state index is 16.4. The molecule has 0 radical (unpaired) electrons. The van der Waals surface area contributed by atoms with Gasteiger partial charge in [0.1, 0.15) is 17.6 Å². The fourth-order valence-electron chi connectivity index (χ4n) is 4.88. The Balaban J connectivity index is 0.000000707. The average Bonchev–Trinajstić information content (AvgIpc) is 3.50. The number of para-hydroxylation sites is 1. The van der Waals surface area contributed by atoms with E-state index in [2.05, 4.69) is 15.4 Å². The highest BCUT2D eigenvalue weighted by atomic mass is 19.4. The zero-order valence-electron chi connectivity index (χ0n) is 31.1. The lowest BCUT2D eigenvalue weighted by Crippen LogP contribution is -2.33. The molecule has 1 unspecified atom stereocenters. The lowest BCUT2D eigenvalue weighted by molar-refractivity contribution is -0.193. The van der Waals surface area contributed by atoms with Gasteiger partial charge in [0, 0.05) is 34.8 Å². The highest BCUT2D eigenvalue weighted by Crippen LogP contribution is 2.36. The van der Waals surface area contributed by atoms with Gasteiger partial charge in [0.25, 0.3) is 0 Å². The molecule has 16 nitrogen and oxygen atoms in total. The molecule has 0 spiro atoms. The van der Waals surface area contributed by atoms with Crippen molar-refractivity contribution in [3.05, 3.63) is 99.5 Å². The third kappa shape index (κ3) is 13.8. The Kier molecular flexibility index (Phi) is 15.9. The number of aliphatic carboxylic acids is 2. The first-order valence-electron chi connectivity index (χ1n) is 16.2. The van der Waals surface area contributed by atoms with E-state index in [-0.39, 0.29) is 46.2 Å². The molecular weight excluding hydrogens is 795 g/mol. The van der Waals surface area contributed by atoms with Gasteiger partial charge < -0.3 is 40.7 Å². The number of carbonyl (C=O) groups is 3. The Hall–Kier alpha value is -6.65. The molecule has 3 aromatic carbocycles. The monoisotopic (exact) mass is 833 g/mol. The number of nitrogen functional groups attached to an aromatic ring is 1. The number of nitrogens with zero attached hydrogens (tertiary/aromatic N) is 3. The molecule has 0 aliphatic rings. The first-order valence-corrected chi connectivity index (χ1v) is 16.2. The fourth-order valence-corrected chi connectivity index (χ4v) is 4.88. The number of nitrogens with one attached hydrogen (secondary N) is 3. The quantitative estimate of drug-likeness (QED) is 0.0526. The number of anilines is 1. The summed E-state index contributed by atoms with van der Waals surface area (Å²) in [5.74, 6) is -7.33. The Morgan fingerprint density at radius 2 is 1.50 bits per heavy atom. The molecule has 58 heavy (non-hydrogen) atoms. The molecular formula is C35H38F7N7O9. The average molecular weight is 834 g/mol. The van der Waals surface area contributed by atoms with Crippen LogP contribution in [0.4, 0.5) is 36.4 Å². The Labute approximate surface area is 324 Å². The van der Waals surface area contributed by atoms with Crippen LogP contribution in [0.1, 0.15) is 47.2 Å². The number of rotatable bonds is 13. The molecule has 0 bridgehead atoms. The molecule has 8 N–H and O–H groups in total. The number of hydrogen-bond acceptors (Lipinski definition) is 10. The van der Waals surface area contributed by atoms with Crippen molar-refractivity contribution >= 4 is 29.4 Å². The van der Waals surface area contributed by atoms with E-state index in [1.54, 1.807) is 30.3 Å². The van der Waals surface area contributed by atoms with Gasteiger partial charge >= 0.3 is 36.0 Å². The number of carboxylic acid groups (broad SMARTS) is 3. The van der Waals surface area contributed by atoms with Gasteiger partial charge in [-0.2, -0.15) is 31.0 Å². The van der Waals surface area contributed by atoms with Crippen LogP contribution < -0.4 is 26.2 Å². The highest BCUT2D eigenvalue weighted by Gasteiger charge is 2.39. The number of benzene rings is 3. The maximum Gasteiger partial charge on any atom is 0.490 e. The molecule has 0 saturated carbocycles. The number of alkyl halides is 6. The van der Waals surface area contributed by atoms with Gasteiger partial charge in [0.05, 0.1) is 25.0 Å². The van der Waals surface area contributed by atoms with Crippen LogP contribution in [0.5, 0.6) is 11.5 Å². The minimum atomic E-state index is -5.08. The number of nitrogens with two attached hydrogens (primary N) is 1. The summed E-state index contributed by atoms with van der Waals surface area (Å²) >= 11 is 0. The Bertz CT molecular complexity index is 2110. The van der Waals surface area contributed by atoms with Crippen LogP contribution in [0.3, 0.4) is 0 Å². The van der Waals surface area contributed by atoms with Crippen LogP contribution in [0.15, 0.2) is 65.5 Å². The van der Waals surface area contributed by atoms with Crippen molar-refractivity contribution in [1.29, 1.82) is 5.41 Å². The standard InChI is InChI=1S/C31H36FN7O5.2C2HF3O2/c1-31(2,16-38(3)4)17-44-24-15-20(43-5)14-22(25(24)32)26(35-19-12-10-18(11-13-19)27(33)34)28-36-30(42)39(37-28)23-9-7-6-8-21(23)29(40)41;2*3-2(4,5)1(6)7/h6-15,26,35H,16-17H2,1-5H3,(H3,33,34)(H,40,41)(H,36,37,42);2*(H,6,7). The molecule has 1 heterocycles. The van der Waals surface area contributed by atoms with Crippen molar-refractivity contribution in [3.63, 3.8) is 0 Å². The summed E-state index contributed by atoms with van der Waals surface area (Å²) in [6.07, 6.45) is -10.2. The first kappa shape index (κ1) is 47.5. The molecule has 316 valence electrons. The first-order chi connectivity index (χ1) is 26.7. The molecule has 0 aliphatic heterocycles. The summed E-state index contributed by atoms with van der Waals surface area (Å²) in [5.41, 5.74) is 5.50. The molecule has 0 saturated heterocycles. The molecule has 4 aromatic rings. The lowest BCUT2D eigenvalue weighted by Gasteiger charge is -2.28. The smallest absolute Gasteiger partial charge is 0.490 e. The summed E-state index contributed by atoms with van der Waals surface area (Å²) in [5, 5.41) is 39.2. The van der Waals surface area contributed by atoms with E-state index in [0.717, 1.165) is 4.68 Å². The van der Waals surface area contributed by atoms with Crippen molar-refractivity contribution in [1.82, 2.24) is 19.7 Å². The van der Waals surface area contributed by atoms with Crippen LogP contribution in [0, 0.1) is 16.6 Å². The molecule has 1 atom stereocenters. The number of methoxy groups -OCH3 is 1. The zero-order valence-corrected chi connectivity index (χ0v) is 31.1. The maximum atomic E-state index is 16.4. The van der Waals surface area contributed by atoms with E-state index >= 15 is 4.39 Å². The molecule has 1 aromatic heterocycles. The van der Waals surface area contributed by atoms with Crippen LogP contribution in [0.2, 0.25) is 0 Å². The minimum absolute atomic E-state index is 0.00289. The van der Waals surface area contributed by atoms with E-state index < -0.39 is 47.8 Å². The van der Waals surface area contributed by atoms with E-state index in [1.807, 2.05) is 32.8 Å². The predicted molar refractivity (Wildman–Crippen MR) is 192 cm³/mol. The number of halogens is 7. The molecule has 0 amide bonds. The topological polar surface area (TPSA) is 246 Å². The normalized spacial score (nSPS) is 11.9. The number of amidine groups is 1. The van der Waals surface area contributed by atoms with Gasteiger partial charge in [-0.3, -0.25) is 10.4 Å². The van der Waals surface area contributed by atoms with Gasteiger partial charge in [-0.15, -0.1) is 5.10 Å². The molecule has 0 aliphatic carbocycles. The van der Waals surface area contributed by atoms with Gasteiger partial charge in [-0.05, 0) is 56.6 Å². The lowest BCUT2D eigenvalue weighted by atomic mass is 9.94. The number of ether oxygens (including phenoxy) is 2. The van der Waals surface area contributed by atoms with Gasteiger partial charge in [-0.25, -0.2) is 23.6 Å². The van der Waals surface area contributed by atoms with E-state index in [9.17, 15) is 41.0 Å². The fraction of sp³-hybridized carbons (Fsp3) is 0.314. The van der Waals surface area contributed by atoms with Crippen molar-refractivity contribution in [2.75, 3.05) is 39.7 Å². The van der Waals surface area contributed by atoms with Crippen molar-refractivity contribution in [2.24, 2.45) is 11.1 Å². The summed E-state index contributed by atoms with van der Waals surface area (Å²) < 4.78 is 92.2. The van der Waals surface area contributed by atoms with Crippen LogP contribution >= 0.6 is 0 Å². The zero-order chi connectivity index (χ0) is 44.3.